The maximum atomic E-state index is 12.3. The van der Waals surface area contributed by atoms with Gasteiger partial charge in [0.25, 0.3) is 0 Å². The van der Waals surface area contributed by atoms with Crippen LogP contribution in [-0.2, 0) is 11.3 Å². The largest absolute Gasteiger partial charge is 0.486 e. The number of benzene rings is 2. The number of hydrogen-bond acceptors (Lipinski definition) is 6. The number of hydrogen-bond donors (Lipinski definition) is 0. The highest BCUT2D eigenvalue weighted by atomic mass is 16.6. The average Bonchev–Trinajstić information content (AvgIpc) is 3.07. The van der Waals surface area contributed by atoms with Crippen molar-refractivity contribution < 1.29 is 23.4 Å². The number of esters is 1. The molecule has 0 unspecified atom stereocenters. The number of carbonyl (C=O) groups excluding carboxylic acids is 1. The third-order valence-corrected chi connectivity index (χ3v) is 4.03. The highest BCUT2D eigenvalue weighted by molar-refractivity contribution is 5.90. The van der Waals surface area contributed by atoms with Gasteiger partial charge in [-0.05, 0) is 37.3 Å². The first kappa shape index (κ1) is 16.2. The van der Waals surface area contributed by atoms with Crippen molar-refractivity contribution in [3.63, 3.8) is 0 Å². The third kappa shape index (κ3) is 3.26. The van der Waals surface area contributed by atoms with Crippen LogP contribution in [0.5, 0.6) is 11.5 Å². The van der Waals surface area contributed by atoms with E-state index in [-0.39, 0.29) is 6.61 Å². The van der Waals surface area contributed by atoms with Crippen LogP contribution < -0.4 is 9.47 Å². The van der Waals surface area contributed by atoms with E-state index in [2.05, 4.69) is 4.98 Å². The van der Waals surface area contributed by atoms with E-state index in [1.165, 1.54) is 0 Å². The summed E-state index contributed by atoms with van der Waals surface area (Å²) in [5.41, 5.74) is 1.87. The summed E-state index contributed by atoms with van der Waals surface area (Å²) in [6.45, 7) is 2.81. The van der Waals surface area contributed by atoms with Crippen molar-refractivity contribution in [1.29, 1.82) is 0 Å². The lowest BCUT2D eigenvalue weighted by molar-refractivity contribution is 0.0466. The SMILES string of the molecule is Cc1oc(-c2ccccc2)nc1COC(=O)c1ccc2c(c1)OCCO2. The van der Waals surface area contributed by atoms with E-state index in [0.29, 0.717) is 47.6 Å². The first-order chi connectivity index (χ1) is 12.7. The Hall–Kier alpha value is -3.28. The van der Waals surface area contributed by atoms with Crippen LogP contribution in [0.3, 0.4) is 0 Å². The molecule has 0 spiro atoms. The second-order valence-electron chi connectivity index (χ2n) is 5.82. The van der Waals surface area contributed by atoms with E-state index in [1.54, 1.807) is 25.1 Å². The van der Waals surface area contributed by atoms with Crippen molar-refractivity contribution >= 4 is 5.97 Å². The van der Waals surface area contributed by atoms with Crippen LogP contribution in [0.2, 0.25) is 0 Å². The molecule has 3 aromatic rings. The summed E-state index contributed by atoms with van der Waals surface area (Å²) in [5, 5.41) is 0. The van der Waals surface area contributed by atoms with Crippen LogP contribution in [0.25, 0.3) is 11.5 Å². The van der Waals surface area contributed by atoms with Crippen molar-refractivity contribution in [3.05, 3.63) is 65.5 Å². The predicted molar refractivity (Wildman–Crippen MR) is 93.2 cm³/mol. The lowest BCUT2D eigenvalue weighted by atomic mass is 10.2. The molecule has 0 radical (unpaired) electrons. The Morgan fingerprint density at radius 1 is 1.08 bits per heavy atom. The zero-order valence-electron chi connectivity index (χ0n) is 14.2. The molecule has 0 saturated heterocycles. The summed E-state index contributed by atoms with van der Waals surface area (Å²) < 4.78 is 22.0. The molecule has 1 aromatic heterocycles. The van der Waals surface area contributed by atoms with E-state index in [1.807, 2.05) is 30.3 Å². The average molecular weight is 351 g/mol. The Bertz CT molecular complexity index is 933. The highest BCUT2D eigenvalue weighted by Crippen LogP contribution is 2.31. The van der Waals surface area contributed by atoms with Crippen molar-refractivity contribution in [1.82, 2.24) is 4.98 Å². The van der Waals surface area contributed by atoms with Crippen LogP contribution in [0.15, 0.2) is 52.9 Å². The number of oxazole rings is 1. The van der Waals surface area contributed by atoms with Gasteiger partial charge in [-0.15, -0.1) is 0 Å². The summed E-state index contributed by atoms with van der Waals surface area (Å²) in [6.07, 6.45) is 0. The van der Waals surface area contributed by atoms with Gasteiger partial charge in [0.2, 0.25) is 5.89 Å². The van der Waals surface area contributed by atoms with Crippen LogP contribution in [-0.4, -0.2) is 24.2 Å². The molecule has 1 aliphatic rings. The molecule has 0 amide bonds. The Morgan fingerprint density at radius 3 is 2.65 bits per heavy atom. The van der Waals surface area contributed by atoms with Gasteiger partial charge in [0, 0.05) is 5.56 Å². The molecule has 4 rings (SSSR count). The van der Waals surface area contributed by atoms with E-state index >= 15 is 0 Å². The molecule has 2 aromatic carbocycles. The van der Waals surface area contributed by atoms with Gasteiger partial charge in [-0.1, -0.05) is 18.2 Å². The Morgan fingerprint density at radius 2 is 1.85 bits per heavy atom. The van der Waals surface area contributed by atoms with Gasteiger partial charge in [-0.2, -0.15) is 0 Å². The fraction of sp³-hybridized carbons (Fsp3) is 0.200. The molecule has 2 heterocycles. The summed E-state index contributed by atoms with van der Waals surface area (Å²) in [6, 6.07) is 14.6. The molecule has 0 atom stereocenters. The van der Waals surface area contributed by atoms with E-state index in [0.717, 1.165) is 5.56 Å². The number of fused-ring (bicyclic) bond motifs is 1. The molecular formula is C20H17NO5. The van der Waals surface area contributed by atoms with Crippen LogP contribution in [0.4, 0.5) is 0 Å². The first-order valence-corrected chi connectivity index (χ1v) is 8.29. The minimum atomic E-state index is -0.453. The normalized spacial score (nSPS) is 12.7. The van der Waals surface area contributed by atoms with Crippen LogP contribution in [0, 0.1) is 6.92 Å². The van der Waals surface area contributed by atoms with E-state index in [9.17, 15) is 4.79 Å². The number of aryl methyl sites for hydroxylation is 1. The zero-order chi connectivity index (χ0) is 17.9. The Kier molecular flexibility index (Phi) is 4.31. The Balaban J connectivity index is 1.46. The monoisotopic (exact) mass is 351 g/mol. The number of nitrogens with zero attached hydrogens (tertiary/aromatic N) is 1. The second kappa shape index (κ2) is 6.92. The lowest BCUT2D eigenvalue weighted by Gasteiger charge is -2.18. The molecule has 0 bridgehead atoms. The molecule has 6 heteroatoms. The number of rotatable bonds is 4. The smallest absolute Gasteiger partial charge is 0.338 e. The lowest BCUT2D eigenvalue weighted by Crippen LogP contribution is -2.16. The summed E-state index contributed by atoms with van der Waals surface area (Å²) in [7, 11) is 0. The van der Waals surface area contributed by atoms with Crippen molar-refractivity contribution in [2.24, 2.45) is 0 Å². The summed E-state index contributed by atoms with van der Waals surface area (Å²) >= 11 is 0. The van der Waals surface area contributed by atoms with Gasteiger partial charge in [-0.3, -0.25) is 0 Å². The van der Waals surface area contributed by atoms with Gasteiger partial charge in [-0.25, -0.2) is 9.78 Å². The predicted octanol–water partition coefficient (Wildman–Crippen LogP) is 3.78. The molecule has 132 valence electrons. The molecule has 0 saturated carbocycles. The fourth-order valence-corrected chi connectivity index (χ4v) is 2.65. The summed E-state index contributed by atoms with van der Waals surface area (Å²) in [5.74, 6) is 1.86. The molecule has 1 aliphatic heterocycles. The number of aromatic nitrogens is 1. The van der Waals surface area contributed by atoms with Crippen LogP contribution in [0.1, 0.15) is 21.8 Å². The minimum absolute atomic E-state index is 0.0371. The first-order valence-electron chi connectivity index (χ1n) is 8.29. The summed E-state index contributed by atoms with van der Waals surface area (Å²) in [4.78, 5) is 16.7. The Labute approximate surface area is 150 Å². The fourth-order valence-electron chi connectivity index (χ4n) is 2.65. The molecule has 6 nitrogen and oxygen atoms in total. The molecule has 26 heavy (non-hydrogen) atoms. The number of ether oxygens (including phenoxy) is 3. The quantitative estimate of drug-likeness (QED) is 0.666. The molecular weight excluding hydrogens is 334 g/mol. The highest BCUT2D eigenvalue weighted by Gasteiger charge is 2.17. The van der Waals surface area contributed by atoms with Gasteiger partial charge in [0.1, 0.15) is 31.3 Å². The molecule has 0 N–H and O–H groups in total. The second-order valence-corrected chi connectivity index (χ2v) is 5.82. The maximum Gasteiger partial charge on any atom is 0.338 e. The molecule has 0 fully saturated rings. The van der Waals surface area contributed by atoms with Gasteiger partial charge in [0.15, 0.2) is 11.5 Å². The van der Waals surface area contributed by atoms with E-state index in [4.69, 9.17) is 18.6 Å². The minimum Gasteiger partial charge on any atom is -0.486 e. The zero-order valence-corrected chi connectivity index (χ0v) is 14.2. The molecule has 0 aliphatic carbocycles. The topological polar surface area (TPSA) is 70.8 Å². The van der Waals surface area contributed by atoms with Gasteiger partial charge < -0.3 is 18.6 Å². The van der Waals surface area contributed by atoms with Crippen LogP contribution >= 0.6 is 0 Å². The standard InChI is InChI=1S/C20H17NO5/c1-13-16(21-19(26-13)14-5-3-2-4-6-14)12-25-20(22)15-7-8-17-18(11-15)24-10-9-23-17/h2-8,11H,9-10,12H2,1H3. The van der Waals surface area contributed by atoms with Crippen molar-refractivity contribution in [2.45, 2.75) is 13.5 Å². The number of carbonyl (C=O) groups is 1. The maximum absolute atomic E-state index is 12.3. The van der Waals surface area contributed by atoms with Crippen molar-refractivity contribution in [2.75, 3.05) is 13.2 Å². The third-order valence-electron chi connectivity index (χ3n) is 4.03. The van der Waals surface area contributed by atoms with Crippen molar-refractivity contribution in [3.8, 4) is 23.0 Å². The van der Waals surface area contributed by atoms with E-state index < -0.39 is 5.97 Å². The van der Waals surface area contributed by atoms with Gasteiger partial charge >= 0.3 is 5.97 Å². The van der Waals surface area contributed by atoms with Gasteiger partial charge in [0.05, 0.1) is 5.56 Å².